The molecule has 0 aliphatic heterocycles. The van der Waals surface area contributed by atoms with E-state index < -0.39 is 7.05 Å². The summed E-state index contributed by atoms with van der Waals surface area (Å²) in [5.74, 6) is 1.31. The van der Waals surface area contributed by atoms with Gasteiger partial charge >= 0.3 is 0 Å². The van der Waals surface area contributed by atoms with Gasteiger partial charge in [0.1, 0.15) is 0 Å². The standard InChI is InChI=1S/C26H26NP.C12H22.Ti/c1-20-8-14-24(15-9-20)28(27-23-6-4-5-7-23,25-16-10-21(2)11-17-25)26-18-12-22(3)13-19-26;1-9(2)7-11(5)12(6)8-10(3)4;/h4-6,8-19H,7H2,1-3H3;7-10H,1-6H3;. The van der Waals surface area contributed by atoms with Gasteiger partial charge in [-0.05, 0) is 52.5 Å². The van der Waals surface area contributed by atoms with Crippen molar-refractivity contribution in [2.45, 2.75) is 68.7 Å². The molecule has 0 N–H and O–H groups in total. The summed E-state index contributed by atoms with van der Waals surface area (Å²) in [5.41, 5.74) is 7.82. The molecular weight excluding hydrogens is 549 g/mol. The van der Waals surface area contributed by atoms with Crippen LogP contribution in [-0.2, 0) is 21.7 Å². The van der Waals surface area contributed by atoms with Crippen molar-refractivity contribution in [2.24, 2.45) is 16.6 Å². The molecule has 1 aliphatic rings. The van der Waals surface area contributed by atoms with E-state index in [-0.39, 0.29) is 21.7 Å². The van der Waals surface area contributed by atoms with Gasteiger partial charge in [0, 0.05) is 49.7 Å². The van der Waals surface area contributed by atoms with Crippen molar-refractivity contribution in [3.63, 3.8) is 0 Å². The van der Waals surface area contributed by atoms with E-state index in [1.165, 1.54) is 43.8 Å². The predicted molar refractivity (Wildman–Crippen MR) is 181 cm³/mol. The third-order valence-electron chi connectivity index (χ3n) is 7.04. The van der Waals surface area contributed by atoms with Crippen LogP contribution in [0.25, 0.3) is 0 Å². The molecule has 4 rings (SSSR count). The van der Waals surface area contributed by atoms with Crippen molar-refractivity contribution in [1.29, 1.82) is 0 Å². The maximum absolute atomic E-state index is 5.52. The summed E-state index contributed by atoms with van der Waals surface area (Å²) in [4.78, 5) is 0. The first-order chi connectivity index (χ1) is 19.0. The van der Waals surface area contributed by atoms with Crippen LogP contribution < -0.4 is 15.9 Å². The third-order valence-corrected chi connectivity index (χ3v) is 10.7. The first-order valence-corrected chi connectivity index (χ1v) is 16.3. The summed E-state index contributed by atoms with van der Waals surface area (Å²) in [6, 6.07) is 26.9. The molecule has 0 aromatic heterocycles. The average Bonchev–Trinajstić information content (AvgIpc) is 3.42. The van der Waals surface area contributed by atoms with Crippen molar-refractivity contribution in [1.82, 2.24) is 0 Å². The molecule has 0 amide bonds. The van der Waals surface area contributed by atoms with E-state index in [9.17, 15) is 0 Å². The van der Waals surface area contributed by atoms with Crippen LogP contribution in [0.1, 0.15) is 64.7 Å². The Morgan fingerprint density at radius 2 is 0.976 bits per heavy atom. The molecule has 1 aliphatic carbocycles. The SMILES string of the molecule is CC(=CC(C)C)C(C)=CC(C)C.Cc1ccc(P(=NC2=CC=CC2)(c2ccc(C)cc2)c2ccc(C)cc2)cc1.[Ti]. The fourth-order valence-corrected chi connectivity index (χ4v) is 8.38. The molecule has 0 bridgehead atoms. The zero-order valence-electron chi connectivity index (χ0n) is 26.6. The van der Waals surface area contributed by atoms with Gasteiger partial charge in [-0.1, -0.05) is 153 Å². The Balaban J connectivity index is 0.000000387. The first-order valence-electron chi connectivity index (χ1n) is 14.6. The van der Waals surface area contributed by atoms with E-state index in [1.807, 2.05) is 0 Å². The minimum Gasteiger partial charge on any atom is -0.258 e. The summed E-state index contributed by atoms with van der Waals surface area (Å²) >= 11 is 0. The molecule has 0 atom stereocenters. The largest absolute Gasteiger partial charge is 0.258 e. The van der Waals surface area contributed by atoms with Crippen molar-refractivity contribution < 1.29 is 21.7 Å². The number of hydrogen-bond acceptors (Lipinski definition) is 1. The molecule has 3 heteroatoms. The number of nitrogens with zero attached hydrogens (tertiary/aromatic N) is 1. The topological polar surface area (TPSA) is 12.4 Å². The fourth-order valence-electron chi connectivity index (χ4n) is 4.87. The zero-order valence-corrected chi connectivity index (χ0v) is 29.0. The van der Waals surface area contributed by atoms with E-state index >= 15 is 0 Å². The Morgan fingerprint density at radius 3 is 1.24 bits per heavy atom. The maximum Gasteiger partial charge on any atom is 0.0608 e. The average molecular weight is 598 g/mol. The molecule has 0 unspecified atom stereocenters. The predicted octanol–water partition coefficient (Wildman–Crippen LogP) is 10.1. The molecule has 3 aromatic carbocycles. The number of hydrogen-bond donors (Lipinski definition) is 0. The summed E-state index contributed by atoms with van der Waals surface area (Å²) < 4.78 is 5.52. The van der Waals surface area contributed by atoms with Crippen molar-refractivity contribution in [3.8, 4) is 0 Å². The molecule has 0 spiro atoms. The molecule has 1 nitrogen and oxygen atoms in total. The smallest absolute Gasteiger partial charge is 0.0608 e. The Hall–Kier alpha value is -2.44. The summed E-state index contributed by atoms with van der Waals surface area (Å²) in [5, 5.41) is 3.91. The van der Waals surface area contributed by atoms with Crippen LogP contribution in [-0.4, -0.2) is 0 Å². The molecule has 0 saturated heterocycles. The Bertz CT molecular complexity index is 1290. The minimum atomic E-state index is -2.15. The molecule has 0 saturated carbocycles. The number of rotatable bonds is 7. The van der Waals surface area contributed by atoms with Gasteiger partial charge < -0.3 is 0 Å². The van der Waals surface area contributed by atoms with Gasteiger partial charge in [0.2, 0.25) is 0 Å². The van der Waals surface area contributed by atoms with Gasteiger partial charge in [0.25, 0.3) is 0 Å². The Labute approximate surface area is 265 Å². The number of aryl methyl sites for hydroxylation is 3. The van der Waals surface area contributed by atoms with E-state index in [1.54, 1.807) is 0 Å². The van der Waals surface area contributed by atoms with Gasteiger partial charge in [0.05, 0.1) is 7.05 Å². The second kappa shape index (κ2) is 16.3. The molecule has 3 aromatic rings. The van der Waals surface area contributed by atoms with Crippen LogP contribution in [0.2, 0.25) is 0 Å². The second-order valence-corrected chi connectivity index (χ2v) is 14.7. The maximum atomic E-state index is 5.52. The first kappa shape index (κ1) is 34.8. The van der Waals surface area contributed by atoms with Gasteiger partial charge in [-0.2, -0.15) is 0 Å². The van der Waals surface area contributed by atoms with Crippen molar-refractivity contribution in [2.75, 3.05) is 0 Å². The van der Waals surface area contributed by atoms with Crippen LogP contribution in [0.15, 0.2) is 125 Å². The summed E-state index contributed by atoms with van der Waals surface area (Å²) in [6.07, 6.45) is 12.0. The van der Waals surface area contributed by atoms with Crippen molar-refractivity contribution >= 4 is 23.0 Å². The van der Waals surface area contributed by atoms with E-state index in [0.29, 0.717) is 11.8 Å². The monoisotopic (exact) mass is 597 g/mol. The quantitative estimate of drug-likeness (QED) is 0.146. The number of benzene rings is 3. The van der Waals surface area contributed by atoms with Crippen LogP contribution in [0, 0.1) is 32.6 Å². The van der Waals surface area contributed by atoms with Crippen LogP contribution in [0.3, 0.4) is 0 Å². The molecule has 0 heterocycles. The van der Waals surface area contributed by atoms with E-state index in [0.717, 1.165) is 12.1 Å². The summed E-state index contributed by atoms with van der Waals surface area (Å²) in [6.45, 7) is 19.7. The minimum absolute atomic E-state index is 0. The van der Waals surface area contributed by atoms with Gasteiger partial charge in [-0.3, -0.25) is 4.74 Å². The molecule has 41 heavy (non-hydrogen) atoms. The molecule has 0 radical (unpaired) electrons. The number of allylic oxidation sites excluding steroid dienone is 7. The van der Waals surface area contributed by atoms with Crippen LogP contribution in [0.5, 0.6) is 0 Å². The third kappa shape index (κ3) is 9.82. The molecular formula is C38H48NPTi. The van der Waals surface area contributed by atoms with Gasteiger partial charge in [-0.15, -0.1) is 0 Å². The fraction of sp³-hybridized carbons (Fsp3) is 0.316. The van der Waals surface area contributed by atoms with Gasteiger partial charge in [-0.25, -0.2) is 0 Å². The zero-order chi connectivity index (χ0) is 29.3. The molecule has 0 fully saturated rings. The normalized spacial score (nSPS) is 13.5. The molecule has 214 valence electrons. The summed E-state index contributed by atoms with van der Waals surface area (Å²) in [7, 11) is -2.15. The van der Waals surface area contributed by atoms with E-state index in [4.69, 9.17) is 4.74 Å². The Kier molecular flexibility index (Phi) is 13.8. The van der Waals surface area contributed by atoms with Crippen LogP contribution >= 0.6 is 7.05 Å². The van der Waals surface area contributed by atoms with Crippen LogP contribution in [0.4, 0.5) is 0 Å². The second-order valence-electron chi connectivity index (χ2n) is 11.7. The van der Waals surface area contributed by atoms with Crippen molar-refractivity contribution in [3.05, 3.63) is 137 Å². The Morgan fingerprint density at radius 1 is 0.634 bits per heavy atom. The van der Waals surface area contributed by atoms with E-state index in [2.05, 4.69) is 165 Å². The van der Waals surface area contributed by atoms with Gasteiger partial charge in [0.15, 0.2) is 0 Å².